The van der Waals surface area contributed by atoms with Crippen LogP contribution >= 0.6 is 0 Å². The molecule has 0 spiro atoms. The zero-order chi connectivity index (χ0) is 11.8. The van der Waals surface area contributed by atoms with E-state index in [0.29, 0.717) is 32.1 Å². The average molecular weight is 227 g/mol. The standard InChI is InChI=1S/C12H18FNO2/c1-3-15-7-8-16-12-10(9-14-2)5-4-6-11(12)13/h4-6,14H,3,7-9H2,1-2H3. The van der Waals surface area contributed by atoms with Crippen molar-refractivity contribution in [2.75, 3.05) is 26.9 Å². The number of rotatable bonds is 7. The molecule has 0 aliphatic rings. The molecular weight excluding hydrogens is 209 g/mol. The van der Waals surface area contributed by atoms with Crippen LogP contribution in [-0.4, -0.2) is 26.9 Å². The first-order chi connectivity index (χ1) is 7.79. The predicted octanol–water partition coefficient (Wildman–Crippen LogP) is 1.96. The predicted molar refractivity (Wildman–Crippen MR) is 61.2 cm³/mol. The van der Waals surface area contributed by atoms with Crippen molar-refractivity contribution in [1.82, 2.24) is 5.32 Å². The Hall–Kier alpha value is -1.13. The fraction of sp³-hybridized carbons (Fsp3) is 0.500. The maximum Gasteiger partial charge on any atom is 0.165 e. The highest BCUT2D eigenvalue weighted by Crippen LogP contribution is 2.22. The van der Waals surface area contributed by atoms with Crippen molar-refractivity contribution in [1.29, 1.82) is 0 Å². The molecule has 1 N–H and O–H groups in total. The summed E-state index contributed by atoms with van der Waals surface area (Å²) in [6.45, 7) is 3.98. The van der Waals surface area contributed by atoms with E-state index >= 15 is 0 Å². The van der Waals surface area contributed by atoms with E-state index in [1.54, 1.807) is 6.07 Å². The van der Waals surface area contributed by atoms with Crippen LogP contribution in [0.4, 0.5) is 4.39 Å². The molecule has 0 saturated carbocycles. The van der Waals surface area contributed by atoms with Crippen molar-refractivity contribution >= 4 is 0 Å². The molecule has 4 heteroatoms. The van der Waals surface area contributed by atoms with Gasteiger partial charge in [-0.2, -0.15) is 0 Å². The number of hydrogen-bond acceptors (Lipinski definition) is 3. The normalized spacial score (nSPS) is 10.4. The van der Waals surface area contributed by atoms with Gasteiger partial charge >= 0.3 is 0 Å². The molecule has 1 aromatic carbocycles. The van der Waals surface area contributed by atoms with Gasteiger partial charge in [-0.1, -0.05) is 12.1 Å². The largest absolute Gasteiger partial charge is 0.488 e. The zero-order valence-corrected chi connectivity index (χ0v) is 9.75. The number of benzene rings is 1. The van der Waals surface area contributed by atoms with Crippen molar-refractivity contribution in [3.05, 3.63) is 29.6 Å². The van der Waals surface area contributed by atoms with Gasteiger partial charge in [-0.3, -0.25) is 0 Å². The molecule has 0 fully saturated rings. The van der Waals surface area contributed by atoms with Gasteiger partial charge in [0.25, 0.3) is 0 Å². The lowest BCUT2D eigenvalue weighted by Gasteiger charge is -2.12. The molecule has 1 rings (SSSR count). The van der Waals surface area contributed by atoms with Gasteiger partial charge < -0.3 is 14.8 Å². The van der Waals surface area contributed by atoms with Crippen molar-refractivity contribution < 1.29 is 13.9 Å². The van der Waals surface area contributed by atoms with Crippen molar-refractivity contribution in [2.24, 2.45) is 0 Å². The zero-order valence-electron chi connectivity index (χ0n) is 9.75. The summed E-state index contributed by atoms with van der Waals surface area (Å²) in [5.41, 5.74) is 0.819. The van der Waals surface area contributed by atoms with Gasteiger partial charge in [0.05, 0.1) is 6.61 Å². The molecule has 16 heavy (non-hydrogen) atoms. The summed E-state index contributed by atoms with van der Waals surface area (Å²) >= 11 is 0. The van der Waals surface area contributed by atoms with Crippen LogP contribution in [-0.2, 0) is 11.3 Å². The Balaban J connectivity index is 2.61. The van der Waals surface area contributed by atoms with E-state index in [1.807, 2.05) is 20.0 Å². The minimum Gasteiger partial charge on any atom is -0.488 e. The van der Waals surface area contributed by atoms with Crippen LogP contribution in [0.5, 0.6) is 5.75 Å². The fourth-order valence-electron chi connectivity index (χ4n) is 1.39. The lowest BCUT2D eigenvalue weighted by molar-refractivity contribution is 0.108. The minimum absolute atomic E-state index is 0.316. The van der Waals surface area contributed by atoms with Crippen LogP contribution in [0.25, 0.3) is 0 Å². The summed E-state index contributed by atoms with van der Waals surface area (Å²) in [6.07, 6.45) is 0. The van der Waals surface area contributed by atoms with E-state index in [2.05, 4.69) is 5.32 Å². The number of para-hydroxylation sites is 1. The molecule has 0 atom stereocenters. The lowest BCUT2D eigenvalue weighted by atomic mass is 10.2. The summed E-state index contributed by atoms with van der Waals surface area (Å²) in [5.74, 6) is -0.0131. The topological polar surface area (TPSA) is 30.5 Å². The maximum absolute atomic E-state index is 13.5. The third-order valence-electron chi connectivity index (χ3n) is 2.09. The highest BCUT2D eigenvalue weighted by atomic mass is 19.1. The molecule has 90 valence electrons. The number of nitrogens with one attached hydrogen (secondary N) is 1. The monoisotopic (exact) mass is 227 g/mol. The van der Waals surface area contributed by atoms with Gasteiger partial charge in [-0.15, -0.1) is 0 Å². The molecule has 0 heterocycles. The second-order valence-electron chi connectivity index (χ2n) is 3.30. The first kappa shape index (κ1) is 12.9. The van der Waals surface area contributed by atoms with Crippen LogP contribution in [0.2, 0.25) is 0 Å². The minimum atomic E-state index is -0.329. The molecule has 0 unspecified atom stereocenters. The van der Waals surface area contributed by atoms with E-state index in [0.717, 1.165) is 5.56 Å². The highest BCUT2D eigenvalue weighted by molar-refractivity contribution is 5.34. The van der Waals surface area contributed by atoms with Crippen LogP contribution in [0.15, 0.2) is 18.2 Å². The Bertz CT molecular complexity index is 318. The second kappa shape index (κ2) is 7.19. The van der Waals surface area contributed by atoms with E-state index in [4.69, 9.17) is 9.47 Å². The van der Waals surface area contributed by atoms with Crippen molar-refractivity contribution in [2.45, 2.75) is 13.5 Å². The van der Waals surface area contributed by atoms with Crippen LogP contribution in [0, 0.1) is 5.82 Å². The van der Waals surface area contributed by atoms with Crippen molar-refractivity contribution in [3.63, 3.8) is 0 Å². The molecule has 0 radical (unpaired) electrons. The van der Waals surface area contributed by atoms with E-state index in [-0.39, 0.29) is 5.82 Å². The molecule has 0 aliphatic heterocycles. The Labute approximate surface area is 95.6 Å². The van der Waals surface area contributed by atoms with Gasteiger partial charge in [0, 0.05) is 18.7 Å². The second-order valence-corrected chi connectivity index (χ2v) is 3.30. The molecular formula is C12H18FNO2. The number of halogens is 1. The third-order valence-corrected chi connectivity index (χ3v) is 2.09. The molecule has 0 amide bonds. The highest BCUT2D eigenvalue weighted by Gasteiger charge is 2.08. The van der Waals surface area contributed by atoms with Gasteiger partial charge in [0.2, 0.25) is 0 Å². The maximum atomic E-state index is 13.5. The summed E-state index contributed by atoms with van der Waals surface area (Å²) in [5, 5.41) is 2.98. The molecule has 0 aromatic heterocycles. The average Bonchev–Trinajstić information content (AvgIpc) is 2.28. The summed E-state index contributed by atoms with van der Waals surface area (Å²) in [7, 11) is 1.81. The molecule has 0 saturated heterocycles. The summed E-state index contributed by atoms with van der Waals surface area (Å²) in [6, 6.07) is 4.92. The summed E-state index contributed by atoms with van der Waals surface area (Å²) < 4.78 is 24.0. The Morgan fingerprint density at radius 3 is 2.81 bits per heavy atom. The van der Waals surface area contributed by atoms with Gasteiger partial charge in [-0.25, -0.2) is 4.39 Å². The quantitative estimate of drug-likeness (QED) is 0.722. The lowest BCUT2D eigenvalue weighted by Crippen LogP contribution is -2.12. The molecule has 0 bridgehead atoms. The fourth-order valence-corrected chi connectivity index (χ4v) is 1.39. The third kappa shape index (κ3) is 3.79. The first-order valence-electron chi connectivity index (χ1n) is 5.42. The Morgan fingerprint density at radius 2 is 2.12 bits per heavy atom. The van der Waals surface area contributed by atoms with Gasteiger partial charge in [-0.05, 0) is 20.0 Å². The van der Waals surface area contributed by atoms with E-state index in [1.165, 1.54) is 6.07 Å². The molecule has 0 aliphatic carbocycles. The number of ether oxygens (including phenoxy) is 2. The van der Waals surface area contributed by atoms with Crippen LogP contribution in [0.3, 0.4) is 0 Å². The van der Waals surface area contributed by atoms with Crippen LogP contribution < -0.4 is 10.1 Å². The van der Waals surface area contributed by atoms with Crippen LogP contribution in [0.1, 0.15) is 12.5 Å². The SMILES string of the molecule is CCOCCOc1c(F)cccc1CNC. The molecule has 3 nitrogen and oxygen atoms in total. The van der Waals surface area contributed by atoms with E-state index < -0.39 is 0 Å². The smallest absolute Gasteiger partial charge is 0.165 e. The number of hydrogen-bond donors (Lipinski definition) is 1. The van der Waals surface area contributed by atoms with Gasteiger partial charge in [0.1, 0.15) is 6.61 Å². The molecule has 1 aromatic rings. The first-order valence-corrected chi connectivity index (χ1v) is 5.42. The van der Waals surface area contributed by atoms with E-state index in [9.17, 15) is 4.39 Å². The Morgan fingerprint density at radius 1 is 1.31 bits per heavy atom. The van der Waals surface area contributed by atoms with Gasteiger partial charge in [0.15, 0.2) is 11.6 Å². The van der Waals surface area contributed by atoms with Crippen molar-refractivity contribution in [3.8, 4) is 5.75 Å². The Kier molecular flexibility index (Phi) is 5.82. The summed E-state index contributed by atoms with van der Waals surface area (Å²) in [4.78, 5) is 0.